The molecule has 0 bridgehead atoms. The lowest BCUT2D eigenvalue weighted by molar-refractivity contribution is -0.133. The van der Waals surface area contributed by atoms with Gasteiger partial charge in [-0.25, -0.2) is 13.4 Å². The minimum atomic E-state index is -3.03. The van der Waals surface area contributed by atoms with Gasteiger partial charge in [-0.1, -0.05) is 0 Å². The van der Waals surface area contributed by atoms with E-state index in [1.54, 1.807) is 14.2 Å². The fourth-order valence-electron chi connectivity index (χ4n) is 3.79. The molecule has 156 valence electrons. The van der Waals surface area contributed by atoms with Crippen LogP contribution in [0.4, 0.5) is 0 Å². The summed E-state index contributed by atoms with van der Waals surface area (Å²) in [6.45, 7) is 0. The number of methoxy groups -OCH3 is 2. The lowest BCUT2D eigenvalue weighted by atomic mass is 10.2. The second-order valence-electron chi connectivity index (χ2n) is 7.48. The summed E-state index contributed by atoms with van der Waals surface area (Å²) in [5.41, 5.74) is 1.60. The number of amides is 1. The second-order valence-corrected chi connectivity index (χ2v) is 10.6. The number of hydrogen-bond donors (Lipinski definition) is 0. The van der Waals surface area contributed by atoms with Crippen LogP contribution in [0.5, 0.6) is 11.5 Å². The number of aromatic nitrogens is 1. The minimum Gasteiger partial charge on any atom is -0.493 e. The lowest BCUT2D eigenvalue weighted by Crippen LogP contribution is -2.43. The highest BCUT2D eigenvalue weighted by molar-refractivity contribution is 7.91. The summed E-state index contributed by atoms with van der Waals surface area (Å²) in [5, 5.41) is 2.69. The van der Waals surface area contributed by atoms with E-state index in [4.69, 9.17) is 9.47 Å². The van der Waals surface area contributed by atoms with Gasteiger partial charge < -0.3 is 14.4 Å². The first-order valence-corrected chi connectivity index (χ1v) is 12.3. The molecule has 1 atom stereocenters. The molecule has 29 heavy (non-hydrogen) atoms. The lowest BCUT2D eigenvalue weighted by Gasteiger charge is -2.28. The van der Waals surface area contributed by atoms with Crippen molar-refractivity contribution >= 4 is 27.1 Å². The van der Waals surface area contributed by atoms with Gasteiger partial charge in [-0.05, 0) is 37.5 Å². The molecule has 1 amide bonds. The summed E-state index contributed by atoms with van der Waals surface area (Å²) in [4.78, 5) is 19.4. The van der Waals surface area contributed by atoms with Crippen LogP contribution in [-0.4, -0.2) is 62.0 Å². The number of hydrogen-bond acceptors (Lipinski definition) is 7. The number of ether oxygens (including phenoxy) is 2. The highest BCUT2D eigenvalue weighted by Crippen LogP contribution is 2.35. The number of carbonyl (C=O) groups excluding carboxylic acids is 1. The largest absolute Gasteiger partial charge is 0.493 e. The molecule has 7 nitrogen and oxygen atoms in total. The highest BCUT2D eigenvalue weighted by Gasteiger charge is 2.42. The predicted molar refractivity (Wildman–Crippen MR) is 111 cm³/mol. The van der Waals surface area contributed by atoms with Crippen LogP contribution >= 0.6 is 11.3 Å². The van der Waals surface area contributed by atoms with Crippen molar-refractivity contribution in [3.05, 3.63) is 29.3 Å². The van der Waals surface area contributed by atoms with Gasteiger partial charge in [0, 0.05) is 23.0 Å². The molecule has 1 aliphatic heterocycles. The Labute approximate surface area is 174 Å². The van der Waals surface area contributed by atoms with Crippen molar-refractivity contribution in [1.82, 2.24) is 9.88 Å². The quantitative estimate of drug-likeness (QED) is 0.663. The summed E-state index contributed by atoms with van der Waals surface area (Å²) in [7, 11) is 0.149. The Morgan fingerprint density at radius 3 is 2.55 bits per heavy atom. The van der Waals surface area contributed by atoms with Crippen molar-refractivity contribution in [2.24, 2.45) is 0 Å². The van der Waals surface area contributed by atoms with Gasteiger partial charge in [0.15, 0.2) is 21.3 Å². The zero-order chi connectivity index (χ0) is 20.6. The number of rotatable bonds is 7. The van der Waals surface area contributed by atoms with E-state index in [-0.39, 0.29) is 35.9 Å². The average Bonchev–Trinajstić information content (AvgIpc) is 3.31. The van der Waals surface area contributed by atoms with E-state index in [9.17, 15) is 13.2 Å². The highest BCUT2D eigenvalue weighted by atomic mass is 32.2. The topological polar surface area (TPSA) is 85.8 Å². The van der Waals surface area contributed by atoms with Crippen LogP contribution in [-0.2, 0) is 21.1 Å². The van der Waals surface area contributed by atoms with Crippen LogP contribution in [0, 0.1) is 0 Å². The fraction of sp³-hybridized carbons (Fsp3) is 0.500. The van der Waals surface area contributed by atoms with Crippen LogP contribution < -0.4 is 9.47 Å². The maximum absolute atomic E-state index is 13.0. The van der Waals surface area contributed by atoms with E-state index in [1.165, 1.54) is 11.3 Å². The fourth-order valence-corrected chi connectivity index (χ4v) is 6.32. The van der Waals surface area contributed by atoms with Gasteiger partial charge in [0.25, 0.3) is 0 Å². The zero-order valence-electron chi connectivity index (χ0n) is 16.5. The van der Waals surface area contributed by atoms with Crippen molar-refractivity contribution in [2.75, 3.05) is 25.7 Å². The van der Waals surface area contributed by atoms with Crippen molar-refractivity contribution in [2.45, 2.75) is 37.8 Å². The van der Waals surface area contributed by atoms with Crippen molar-refractivity contribution in [3.63, 3.8) is 0 Å². The molecule has 9 heteroatoms. The zero-order valence-corrected chi connectivity index (χ0v) is 18.1. The Hall–Kier alpha value is -2.13. The first-order valence-electron chi connectivity index (χ1n) is 9.58. The average molecular weight is 437 g/mol. The smallest absolute Gasteiger partial charge is 0.229 e. The molecule has 0 N–H and O–H groups in total. The Balaban J connectivity index is 1.49. The van der Waals surface area contributed by atoms with Gasteiger partial charge in [0.1, 0.15) is 5.01 Å². The monoisotopic (exact) mass is 436 g/mol. The molecule has 2 fully saturated rings. The maximum atomic E-state index is 13.0. The Morgan fingerprint density at radius 1 is 1.17 bits per heavy atom. The molecule has 1 saturated carbocycles. The molecular formula is C20H24N2O5S2. The Bertz CT molecular complexity index is 1010. The van der Waals surface area contributed by atoms with E-state index in [0.29, 0.717) is 23.6 Å². The second kappa shape index (κ2) is 7.95. The van der Waals surface area contributed by atoms with Gasteiger partial charge in [-0.3, -0.25) is 4.79 Å². The molecule has 0 spiro atoms. The third-order valence-corrected chi connectivity index (χ3v) is 8.04. The van der Waals surface area contributed by atoms with E-state index in [1.807, 2.05) is 28.5 Å². The van der Waals surface area contributed by atoms with Gasteiger partial charge in [-0.2, -0.15) is 0 Å². The first kappa shape index (κ1) is 20.2. The van der Waals surface area contributed by atoms with Crippen molar-refractivity contribution < 1.29 is 22.7 Å². The number of nitrogens with zero attached hydrogens (tertiary/aromatic N) is 2. The molecule has 4 rings (SSSR count). The molecule has 1 saturated heterocycles. The van der Waals surface area contributed by atoms with Crippen LogP contribution in [0.15, 0.2) is 23.6 Å². The Kier molecular flexibility index (Phi) is 5.52. The SMILES string of the molecule is COc1ccc(-c2nc(CC(=O)N(C3CC3)C3CCS(=O)(=O)C3)cs2)cc1OC. The van der Waals surface area contributed by atoms with Crippen LogP contribution in [0.25, 0.3) is 10.6 Å². The van der Waals surface area contributed by atoms with Gasteiger partial charge in [0.05, 0.1) is 37.8 Å². The summed E-state index contributed by atoms with van der Waals surface area (Å²) in [5.74, 6) is 1.51. The number of sulfone groups is 1. The first-order chi connectivity index (χ1) is 13.9. The van der Waals surface area contributed by atoms with E-state index < -0.39 is 9.84 Å². The summed E-state index contributed by atoms with van der Waals surface area (Å²) in [6, 6.07) is 5.60. The van der Waals surface area contributed by atoms with Gasteiger partial charge in [0.2, 0.25) is 5.91 Å². The minimum absolute atomic E-state index is 0.0289. The molecule has 2 aliphatic rings. The normalized spacial score (nSPS) is 20.4. The number of carbonyl (C=O) groups is 1. The maximum Gasteiger partial charge on any atom is 0.229 e. The van der Waals surface area contributed by atoms with Crippen molar-refractivity contribution in [1.29, 1.82) is 0 Å². The van der Waals surface area contributed by atoms with Crippen LogP contribution in [0.2, 0.25) is 0 Å². The molecule has 1 aromatic heterocycles. The molecule has 1 aromatic carbocycles. The predicted octanol–water partition coefficient (Wildman–Crippen LogP) is 2.55. The van der Waals surface area contributed by atoms with Crippen LogP contribution in [0.3, 0.4) is 0 Å². The molecule has 1 unspecified atom stereocenters. The standard InChI is InChI=1S/C20H24N2O5S2/c1-26-17-6-3-13(9-18(17)27-2)20-21-14(11-28-20)10-19(23)22(15-4-5-15)16-7-8-29(24,25)12-16/h3,6,9,11,15-16H,4-5,7-8,10,12H2,1-2H3. The summed E-state index contributed by atoms with van der Waals surface area (Å²) >= 11 is 1.47. The third kappa shape index (κ3) is 4.40. The summed E-state index contributed by atoms with van der Waals surface area (Å²) in [6.07, 6.45) is 2.64. The molecule has 2 heterocycles. The number of benzene rings is 1. The van der Waals surface area contributed by atoms with Crippen molar-refractivity contribution in [3.8, 4) is 22.1 Å². The van der Waals surface area contributed by atoms with E-state index in [2.05, 4.69) is 4.98 Å². The molecule has 0 radical (unpaired) electrons. The third-order valence-electron chi connectivity index (χ3n) is 5.34. The molecule has 1 aliphatic carbocycles. The molecule has 2 aromatic rings. The molecular weight excluding hydrogens is 412 g/mol. The summed E-state index contributed by atoms with van der Waals surface area (Å²) < 4.78 is 34.3. The van der Waals surface area contributed by atoms with E-state index >= 15 is 0 Å². The Morgan fingerprint density at radius 2 is 1.93 bits per heavy atom. The van der Waals surface area contributed by atoms with E-state index in [0.717, 1.165) is 23.4 Å². The van der Waals surface area contributed by atoms with Gasteiger partial charge >= 0.3 is 0 Å². The van der Waals surface area contributed by atoms with Crippen LogP contribution in [0.1, 0.15) is 25.0 Å². The van der Waals surface area contributed by atoms with Gasteiger partial charge in [-0.15, -0.1) is 11.3 Å². The number of thiazole rings is 1.